The minimum Gasteiger partial charge on any atom is -0.324 e. The van der Waals surface area contributed by atoms with E-state index in [2.05, 4.69) is 44.8 Å². The summed E-state index contributed by atoms with van der Waals surface area (Å²) < 4.78 is 0.818. The third-order valence-corrected chi connectivity index (χ3v) is 10.0. The number of amides is 3. The number of anilines is 3. The summed E-state index contributed by atoms with van der Waals surface area (Å²) in [5.74, 6) is -0.131. The summed E-state index contributed by atoms with van der Waals surface area (Å²) in [6, 6.07) is 32.7. The van der Waals surface area contributed by atoms with Gasteiger partial charge in [0.1, 0.15) is 5.25 Å². The molecule has 2 N–H and O–H groups in total. The molecule has 3 atom stereocenters. The van der Waals surface area contributed by atoms with E-state index in [0.29, 0.717) is 11.4 Å². The second kappa shape index (κ2) is 12.4. The average Bonchev–Trinajstić information content (AvgIpc) is 3.00. The molecule has 8 heteroatoms. The molecule has 0 aromatic heterocycles. The van der Waals surface area contributed by atoms with Crippen molar-refractivity contribution in [3.8, 4) is 0 Å². The normalized spacial score (nSPS) is 17.7. The molecule has 0 bridgehead atoms. The molecule has 4 aromatic rings. The Hall–Kier alpha value is -3.72. The minimum atomic E-state index is -0.500. The fourth-order valence-corrected chi connectivity index (χ4v) is 7.58. The molecule has 0 saturated heterocycles. The zero-order valence-electron chi connectivity index (χ0n) is 21.8. The van der Waals surface area contributed by atoms with Crippen LogP contribution in [-0.2, 0) is 4.79 Å². The molecule has 3 unspecified atom stereocenters. The predicted molar refractivity (Wildman–Crippen MR) is 174 cm³/mol. The Morgan fingerprint density at radius 3 is 2.44 bits per heavy atom. The first kappa shape index (κ1) is 27.4. The Bertz CT molecular complexity index is 1640. The lowest BCUT2D eigenvalue weighted by Gasteiger charge is -2.40. The average molecular weight is 641 g/mol. The molecule has 1 heterocycles. The molecule has 1 aliphatic heterocycles. The van der Waals surface area contributed by atoms with Crippen molar-refractivity contribution in [2.24, 2.45) is 0 Å². The third kappa shape index (κ3) is 6.15. The molecule has 3 amide bonds. The Morgan fingerprint density at radius 1 is 0.829 bits per heavy atom. The highest BCUT2D eigenvalue weighted by Gasteiger charge is 2.36. The Labute approximate surface area is 256 Å². The second-order valence-corrected chi connectivity index (χ2v) is 12.8. The van der Waals surface area contributed by atoms with E-state index in [1.165, 1.54) is 11.8 Å². The number of hydrogen-bond acceptors (Lipinski definition) is 4. The molecule has 0 spiro atoms. The highest BCUT2D eigenvalue weighted by atomic mass is 79.9. The van der Waals surface area contributed by atoms with E-state index in [1.807, 2.05) is 114 Å². The first-order valence-corrected chi connectivity index (χ1v) is 15.7. The number of fused-ring (bicyclic) bond motifs is 2. The van der Waals surface area contributed by atoms with Crippen molar-refractivity contribution >= 4 is 68.5 Å². The Kier molecular flexibility index (Phi) is 8.32. The highest BCUT2D eigenvalue weighted by Crippen LogP contribution is 2.44. The number of rotatable bonds is 6. The molecule has 204 valence electrons. The van der Waals surface area contributed by atoms with Crippen LogP contribution in [0.15, 0.2) is 142 Å². The van der Waals surface area contributed by atoms with Crippen LogP contribution >= 0.6 is 39.5 Å². The minimum absolute atomic E-state index is 0.0825. The summed E-state index contributed by atoms with van der Waals surface area (Å²) >= 11 is 6.74. The molecule has 0 fully saturated rings. The van der Waals surface area contributed by atoms with Crippen LogP contribution in [0.3, 0.4) is 0 Å². The van der Waals surface area contributed by atoms with Crippen LogP contribution in [0, 0.1) is 0 Å². The van der Waals surface area contributed by atoms with E-state index in [-0.39, 0.29) is 23.2 Å². The van der Waals surface area contributed by atoms with E-state index < -0.39 is 5.25 Å². The molecular formula is C33H26BrN3O2S2. The number of halogens is 1. The predicted octanol–water partition coefficient (Wildman–Crippen LogP) is 8.93. The molecular weight excluding hydrogens is 614 g/mol. The topological polar surface area (TPSA) is 61.4 Å². The SMILES string of the molecule is O=C(Nc1ccccc1Br)C(Sc1cccc(NC(=O)N2c3ccccc3SC3C=CC=CC32)c1)c1ccccc1. The largest absolute Gasteiger partial charge is 0.326 e. The lowest BCUT2D eigenvalue weighted by molar-refractivity contribution is -0.115. The summed E-state index contributed by atoms with van der Waals surface area (Å²) in [5, 5.41) is 5.82. The molecule has 1 aliphatic carbocycles. The van der Waals surface area contributed by atoms with Crippen LogP contribution in [0.25, 0.3) is 0 Å². The lowest BCUT2D eigenvalue weighted by Crippen LogP contribution is -2.49. The molecule has 0 radical (unpaired) electrons. The molecule has 6 rings (SSSR count). The van der Waals surface area contributed by atoms with Gasteiger partial charge in [-0.2, -0.15) is 0 Å². The van der Waals surface area contributed by atoms with Gasteiger partial charge in [-0.1, -0.05) is 85.0 Å². The van der Waals surface area contributed by atoms with Crippen molar-refractivity contribution in [1.82, 2.24) is 0 Å². The van der Waals surface area contributed by atoms with Crippen molar-refractivity contribution < 1.29 is 9.59 Å². The Morgan fingerprint density at radius 2 is 1.59 bits per heavy atom. The van der Waals surface area contributed by atoms with Crippen LogP contribution in [-0.4, -0.2) is 23.2 Å². The summed E-state index contributed by atoms with van der Waals surface area (Å²) in [5.41, 5.74) is 3.17. The van der Waals surface area contributed by atoms with E-state index in [4.69, 9.17) is 0 Å². The summed E-state index contributed by atoms with van der Waals surface area (Å²) in [6.07, 6.45) is 8.25. The van der Waals surface area contributed by atoms with E-state index >= 15 is 0 Å². The number of para-hydroxylation sites is 2. The number of nitrogens with zero attached hydrogens (tertiary/aromatic N) is 1. The number of urea groups is 1. The van der Waals surface area contributed by atoms with E-state index in [0.717, 1.165) is 25.5 Å². The van der Waals surface area contributed by atoms with Gasteiger partial charge in [-0.25, -0.2) is 4.79 Å². The second-order valence-electron chi connectivity index (χ2n) is 9.52. The van der Waals surface area contributed by atoms with E-state index in [1.54, 1.807) is 11.8 Å². The molecule has 41 heavy (non-hydrogen) atoms. The van der Waals surface area contributed by atoms with Gasteiger partial charge < -0.3 is 10.6 Å². The first-order valence-electron chi connectivity index (χ1n) is 13.1. The number of carbonyl (C=O) groups is 2. The zero-order chi connectivity index (χ0) is 28.2. The summed E-state index contributed by atoms with van der Waals surface area (Å²) in [4.78, 5) is 31.1. The molecule has 2 aliphatic rings. The lowest BCUT2D eigenvalue weighted by atomic mass is 10.1. The fraction of sp³-hybridized carbons (Fsp3) is 0.0909. The quantitative estimate of drug-likeness (QED) is 0.207. The zero-order valence-corrected chi connectivity index (χ0v) is 25.0. The van der Waals surface area contributed by atoms with Crippen molar-refractivity contribution in [3.63, 3.8) is 0 Å². The van der Waals surface area contributed by atoms with Gasteiger partial charge in [-0.15, -0.1) is 23.5 Å². The molecule has 4 aromatic carbocycles. The maximum absolute atomic E-state index is 13.8. The molecule has 5 nitrogen and oxygen atoms in total. The van der Waals surface area contributed by atoms with Crippen molar-refractivity contribution in [2.75, 3.05) is 15.5 Å². The number of thioether (sulfide) groups is 2. The van der Waals surface area contributed by atoms with Gasteiger partial charge >= 0.3 is 6.03 Å². The summed E-state index contributed by atoms with van der Waals surface area (Å²) in [6.45, 7) is 0. The smallest absolute Gasteiger partial charge is 0.324 e. The van der Waals surface area contributed by atoms with Crippen molar-refractivity contribution in [2.45, 2.75) is 26.3 Å². The fourth-order valence-electron chi connectivity index (χ4n) is 4.85. The first-order chi connectivity index (χ1) is 20.1. The maximum atomic E-state index is 13.8. The van der Waals surface area contributed by atoms with Gasteiger partial charge in [-0.3, -0.25) is 9.69 Å². The number of hydrogen-bond donors (Lipinski definition) is 2. The maximum Gasteiger partial charge on any atom is 0.326 e. The van der Waals surface area contributed by atoms with Crippen LogP contribution in [0.2, 0.25) is 0 Å². The number of nitrogens with one attached hydrogen (secondary N) is 2. The van der Waals surface area contributed by atoms with Gasteiger partial charge in [0, 0.05) is 20.0 Å². The van der Waals surface area contributed by atoms with Crippen LogP contribution in [0.5, 0.6) is 0 Å². The summed E-state index contributed by atoms with van der Waals surface area (Å²) in [7, 11) is 0. The number of carbonyl (C=O) groups excluding carboxylic acids is 2. The molecule has 0 saturated carbocycles. The van der Waals surface area contributed by atoms with Gasteiger partial charge in [0.15, 0.2) is 0 Å². The number of allylic oxidation sites excluding steroid dienone is 2. The van der Waals surface area contributed by atoms with Crippen molar-refractivity contribution in [3.05, 3.63) is 137 Å². The van der Waals surface area contributed by atoms with Gasteiger partial charge in [-0.05, 0) is 64.0 Å². The van der Waals surface area contributed by atoms with Gasteiger partial charge in [0.05, 0.1) is 22.7 Å². The van der Waals surface area contributed by atoms with Crippen LogP contribution in [0.4, 0.5) is 21.9 Å². The van der Waals surface area contributed by atoms with Crippen LogP contribution < -0.4 is 15.5 Å². The third-order valence-electron chi connectivity index (χ3n) is 6.77. The van der Waals surface area contributed by atoms with Gasteiger partial charge in [0.25, 0.3) is 0 Å². The monoisotopic (exact) mass is 639 g/mol. The van der Waals surface area contributed by atoms with Gasteiger partial charge in [0.2, 0.25) is 5.91 Å². The standard InChI is InChI=1S/C33H26BrN3O2S2/c34-25-15-4-5-16-26(25)36-32(38)31(22-11-2-1-3-12-22)40-24-14-10-13-23(21-24)35-33(39)37-27-17-6-8-19-29(27)41-30-20-9-7-18-28(30)37/h1-21,27,29,31H,(H,35,39)(H,36,38). The Balaban J connectivity index is 1.24. The van der Waals surface area contributed by atoms with Crippen molar-refractivity contribution in [1.29, 1.82) is 0 Å². The van der Waals surface area contributed by atoms with E-state index in [9.17, 15) is 9.59 Å². The van der Waals surface area contributed by atoms with Crippen LogP contribution in [0.1, 0.15) is 10.8 Å². The number of benzene rings is 4. The highest BCUT2D eigenvalue weighted by molar-refractivity contribution is 9.10.